The van der Waals surface area contributed by atoms with Crippen molar-refractivity contribution in [2.24, 2.45) is 4.99 Å². The van der Waals surface area contributed by atoms with Gasteiger partial charge in [-0.25, -0.2) is 4.98 Å². The maximum absolute atomic E-state index is 4.30. The van der Waals surface area contributed by atoms with Gasteiger partial charge in [0.15, 0.2) is 11.8 Å². The molecule has 1 aromatic heterocycles. The van der Waals surface area contributed by atoms with Crippen LogP contribution in [0.4, 0.5) is 0 Å². The van der Waals surface area contributed by atoms with E-state index in [-0.39, 0.29) is 24.0 Å². The molecule has 0 unspecified atom stereocenters. The lowest BCUT2D eigenvalue weighted by Gasteiger charge is -2.17. The number of benzene rings is 1. The zero-order valence-corrected chi connectivity index (χ0v) is 15.6. The number of hydrogen-bond acceptors (Lipinski definition) is 3. The van der Waals surface area contributed by atoms with Crippen molar-refractivity contribution in [1.29, 1.82) is 0 Å². The number of aromatic amines is 1. The second kappa shape index (κ2) is 8.85. The second-order valence-corrected chi connectivity index (χ2v) is 5.59. The molecule has 0 saturated heterocycles. The number of aliphatic imine (C=N–C) groups is 1. The van der Waals surface area contributed by atoms with Crippen LogP contribution >= 0.6 is 24.0 Å². The number of guanidine groups is 1. The molecule has 1 aromatic carbocycles. The Kier molecular flexibility index (Phi) is 6.82. The summed E-state index contributed by atoms with van der Waals surface area (Å²) in [5, 5.41) is 13.6. The van der Waals surface area contributed by atoms with E-state index < -0.39 is 0 Å². The number of hydrogen-bond donors (Lipinski definition) is 3. The van der Waals surface area contributed by atoms with Gasteiger partial charge in [-0.2, -0.15) is 5.10 Å². The van der Waals surface area contributed by atoms with Gasteiger partial charge < -0.3 is 10.6 Å². The van der Waals surface area contributed by atoms with Crippen LogP contribution in [-0.2, 0) is 6.54 Å². The lowest BCUT2D eigenvalue weighted by molar-refractivity contribution is 0.613. The van der Waals surface area contributed by atoms with E-state index >= 15 is 0 Å². The maximum Gasteiger partial charge on any atom is 0.191 e. The Labute approximate surface area is 153 Å². The highest BCUT2D eigenvalue weighted by Crippen LogP contribution is 2.17. The minimum atomic E-state index is 0. The molecule has 0 bridgehead atoms. The molecule has 7 heteroatoms. The van der Waals surface area contributed by atoms with E-state index in [1.807, 2.05) is 19.2 Å². The molecule has 1 fully saturated rings. The predicted octanol–water partition coefficient (Wildman–Crippen LogP) is 2.70. The van der Waals surface area contributed by atoms with E-state index in [0.29, 0.717) is 6.04 Å². The Bertz CT molecular complexity index is 619. The summed E-state index contributed by atoms with van der Waals surface area (Å²) in [6.45, 7) is 0.731. The van der Waals surface area contributed by atoms with Crippen molar-refractivity contribution < 1.29 is 0 Å². The van der Waals surface area contributed by atoms with E-state index in [4.69, 9.17) is 0 Å². The maximum atomic E-state index is 4.30. The van der Waals surface area contributed by atoms with Crippen molar-refractivity contribution in [3.05, 3.63) is 36.2 Å². The van der Waals surface area contributed by atoms with Crippen LogP contribution in [0.5, 0.6) is 0 Å². The molecule has 3 N–H and O–H groups in total. The lowest BCUT2D eigenvalue weighted by Crippen LogP contribution is -2.41. The number of nitrogens with zero attached hydrogens (tertiary/aromatic N) is 3. The molecule has 0 radical (unpaired) electrons. The lowest BCUT2D eigenvalue weighted by atomic mass is 10.1. The monoisotopic (exact) mass is 426 g/mol. The summed E-state index contributed by atoms with van der Waals surface area (Å²) in [5.41, 5.74) is 2.22. The summed E-state index contributed by atoms with van der Waals surface area (Å²) in [6.07, 6.45) is 6.62. The second-order valence-electron chi connectivity index (χ2n) is 5.59. The van der Waals surface area contributed by atoms with E-state index in [1.54, 1.807) is 0 Å². The quantitative estimate of drug-likeness (QED) is 0.399. The fraction of sp³-hybridized carbons (Fsp3) is 0.438. The number of halogens is 1. The molecule has 1 heterocycles. The Balaban J connectivity index is 0.00000192. The first-order chi connectivity index (χ1) is 10.8. The van der Waals surface area contributed by atoms with E-state index in [1.165, 1.54) is 37.6 Å². The predicted molar refractivity (Wildman–Crippen MR) is 103 cm³/mol. The SMILES string of the molecule is CN=C(NCc1cccc(-c2ncn[nH]2)c1)NC1CCCC1.I. The minimum absolute atomic E-state index is 0. The van der Waals surface area contributed by atoms with Crippen molar-refractivity contribution >= 4 is 29.9 Å². The molecule has 0 amide bonds. The first kappa shape index (κ1) is 17.7. The Morgan fingerprint density at radius 1 is 1.35 bits per heavy atom. The highest BCUT2D eigenvalue weighted by molar-refractivity contribution is 14.0. The van der Waals surface area contributed by atoms with Crippen molar-refractivity contribution in [2.45, 2.75) is 38.3 Å². The number of rotatable bonds is 4. The topological polar surface area (TPSA) is 78.0 Å². The summed E-state index contributed by atoms with van der Waals surface area (Å²) in [5.74, 6) is 1.66. The van der Waals surface area contributed by atoms with E-state index in [9.17, 15) is 0 Å². The first-order valence-electron chi connectivity index (χ1n) is 7.77. The number of nitrogens with one attached hydrogen (secondary N) is 3. The van der Waals surface area contributed by atoms with Gasteiger partial charge in [0.05, 0.1) is 0 Å². The van der Waals surface area contributed by atoms with Gasteiger partial charge in [-0.05, 0) is 24.5 Å². The standard InChI is InChI=1S/C16H22N6.HI/c1-17-16(21-14-7-2-3-8-14)18-10-12-5-4-6-13(9-12)15-19-11-20-22-15;/h4-6,9,11,14H,2-3,7-8,10H2,1H3,(H2,17,18,21)(H,19,20,22);1H. The van der Waals surface area contributed by atoms with E-state index in [2.05, 4.69) is 42.9 Å². The summed E-state index contributed by atoms with van der Waals surface area (Å²) < 4.78 is 0. The molecule has 3 rings (SSSR count). The molecule has 124 valence electrons. The van der Waals surface area contributed by atoms with Gasteiger partial charge in [-0.15, -0.1) is 24.0 Å². The Hall–Kier alpha value is -1.64. The zero-order valence-electron chi connectivity index (χ0n) is 13.2. The van der Waals surface area contributed by atoms with Gasteiger partial charge in [-0.1, -0.05) is 31.0 Å². The van der Waals surface area contributed by atoms with Gasteiger partial charge >= 0.3 is 0 Å². The van der Waals surface area contributed by atoms with Crippen molar-refractivity contribution in [3.8, 4) is 11.4 Å². The first-order valence-corrected chi connectivity index (χ1v) is 7.77. The normalized spacial score (nSPS) is 15.3. The molecular weight excluding hydrogens is 403 g/mol. The molecule has 0 aliphatic heterocycles. The van der Waals surface area contributed by atoms with Crippen molar-refractivity contribution in [3.63, 3.8) is 0 Å². The Morgan fingerprint density at radius 3 is 2.87 bits per heavy atom. The van der Waals surface area contributed by atoms with Gasteiger partial charge in [0.1, 0.15) is 6.33 Å². The molecule has 1 aliphatic carbocycles. The molecule has 23 heavy (non-hydrogen) atoms. The van der Waals surface area contributed by atoms with Crippen molar-refractivity contribution in [2.75, 3.05) is 7.05 Å². The number of aromatic nitrogens is 3. The summed E-state index contributed by atoms with van der Waals surface area (Å²) in [7, 11) is 1.81. The van der Waals surface area contributed by atoms with Crippen LogP contribution in [-0.4, -0.2) is 34.2 Å². The van der Waals surface area contributed by atoms with Crippen LogP contribution in [0.1, 0.15) is 31.2 Å². The van der Waals surface area contributed by atoms with Gasteiger partial charge in [0.25, 0.3) is 0 Å². The average Bonchev–Trinajstić information content (AvgIpc) is 3.25. The van der Waals surface area contributed by atoms with Crippen LogP contribution in [0.15, 0.2) is 35.6 Å². The third-order valence-electron chi connectivity index (χ3n) is 4.00. The van der Waals surface area contributed by atoms with Crippen LogP contribution in [0.25, 0.3) is 11.4 Å². The molecule has 6 nitrogen and oxygen atoms in total. The van der Waals surface area contributed by atoms with Crippen molar-refractivity contribution in [1.82, 2.24) is 25.8 Å². The molecule has 1 saturated carbocycles. The van der Waals surface area contributed by atoms with Crippen LogP contribution in [0.2, 0.25) is 0 Å². The molecule has 2 aromatic rings. The number of H-pyrrole nitrogens is 1. The zero-order chi connectivity index (χ0) is 15.2. The largest absolute Gasteiger partial charge is 0.354 e. The van der Waals surface area contributed by atoms with Gasteiger partial charge in [0, 0.05) is 25.2 Å². The third-order valence-corrected chi connectivity index (χ3v) is 4.00. The fourth-order valence-electron chi connectivity index (χ4n) is 2.82. The molecule has 0 atom stereocenters. The summed E-state index contributed by atoms with van der Waals surface area (Å²) >= 11 is 0. The highest BCUT2D eigenvalue weighted by Gasteiger charge is 2.15. The fourth-order valence-corrected chi connectivity index (χ4v) is 2.82. The molecule has 1 aliphatic rings. The van der Waals surface area contributed by atoms with Gasteiger partial charge in [0.2, 0.25) is 0 Å². The van der Waals surface area contributed by atoms with E-state index in [0.717, 1.165) is 23.9 Å². The smallest absolute Gasteiger partial charge is 0.191 e. The molecular formula is C16H23IN6. The minimum Gasteiger partial charge on any atom is -0.354 e. The summed E-state index contributed by atoms with van der Waals surface area (Å²) in [4.78, 5) is 8.49. The summed E-state index contributed by atoms with van der Waals surface area (Å²) in [6, 6.07) is 8.82. The van der Waals surface area contributed by atoms with Gasteiger partial charge in [-0.3, -0.25) is 10.1 Å². The average molecular weight is 426 g/mol. The van der Waals surface area contributed by atoms with Crippen LogP contribution in [0.3, 0.4) is 0 Å². The highest BCUT2D eigenvalue weighted by atomic mass is 127. The van der Waals surface area contributed by atoms with Crippen LogP contribution in [0, 0.1) is 0 Å². The molecule has 0 spiro atoms. The Morgan fingerprint density at radius 2 is 2.17 bits per heavy atom. The van der Waals surface area contributed by atoms with Crippen LogP contribution < -0.4 is 10.6 Å². The third kappa shape index (κ3) is 4.92.